The van der Waals surface area contributed by atoms with Gasteiger partial charge in [0.25, 0.3) is 0 Å². The largest absolute Gasteiger partial charge is 0.478 e. The molecule has 0 saturated carbocycles. The highest BCUT2D eigenvalue weighted by Crippen LogP contribution is 2.14. The van der Waals surface area contributed by atoms with Gasteiger partial charge in [-0.1, -0.05) is 13.8 Å². The Labute approximate surface area is 86.5 Å². The van der Waals surface area contributed by atoms with Gasteiger partial charge < -0.3 is 5.11 Å². The van der Waals surface area contributed by atoms with Crippen molar-refractivity contribution in [2.45, 2.75) is 13.8 Å². The van der Waals surface area contributed by atoms with E-state index < -0.39 is 11.8 Å². The summed E-state index contributed by atoms with van der Waals surface area (Å²) in [6.07, 6.45) is 0. The first-order chi connectivity index (χ1) is 6.93. The smallest absolute Gasteiger partial charge is 0.335 e. The number of halogens is 1. The lowest BCUT2D eigenvalue weighted by molar-refractivity contribution is 0.0695. The molecule has 0 bridgehead atoms. The number of ketones is 1. The van der Waals surface area contributed by atoms with Crippen LogP contribution >= 0.6 is 0 Å². The van der Waals surface area contributed by atoms with Crippen LogP contribution in [-0.2, 0) is 0 Å². The molecule has 15 heavy (non-hydrogen) atoms. The van der Waals surface area contributed by atoms with E-state index in [4.69, 9.17) is 5.11 Å². The molecule has 0 aromatic heterocycles. The summed E-state index contributed by atoms with van der Waals surface area (Å²) in [6.45, 7) is 3.32. The van der Waals surface area contributed by atoms with Gasteiger partial charge in [-0.25, -0.2) is 9.18 Å². The number of carbonyl (C=O) groups excluding carboxylic acids is 1. The molecule has 0 amide bonds. The molecule has 1 rings (SSSR count). The molecule has 0 saturated heterocycles. The first-order valence-corrected chi connectivity index (χ1v) is 4.50. The van der Waals surface area contributed by atoms with Gasteiger partial charge in [-0.05, 0) is 18.2 Å². The van der Waals surface area contributed by atoms with Crippen LogP contribution in [0.3, 0.4) is 0 Å². The Kier molecular flexibility index (Phi) is 3.19. The zero-order chi connectivity index (χ0) is 11.6. The van der Waals surface area contributed by atoms with Crippen molar-refractivity contribution in [1.82, 2.24) is 0 Å². The van der Waals surface area contributed by atoms with E-state index in [0.29, 0.717) is 0 Å². The van der Waals surface area contributed by atoms with Crippen LogP contribution in [0.15, 0.2) is 18.2 Å². The molecule has 0 atom stereocenters. The second-order valence-electron chi connectivity index (χ2n) is 3.52. The number of aromatic carboxylic acids is 1. The molecule has 0 aliphatic rings. The van der Waals surface area contributed by atoms with Crippen molar-refractivity contribution >= 4 is 11.8 Å². The number of carboxylic acid groups (broad SMARTS) is 1. The second-order valence-corrected chi connectivity index (χ2v) is 3.52. The first kappa shape index (κ1) is 11.4. The van der Waals surface area contributed by atoms with Gasteiger partial charge in [0.15, 0.2) is 5.78 Å². The van der Waals surface area contributed by atoms with Crippen LogP contribution in [0.2, 0.25) is 0 Å². The van der Waals surface area contributed by atoms with E-state index in [1.807, 2.05) is 0 Å². The van der Waals surface area contributed by atoms with Gasteiger partial charge >= 0.3 is 5.97 Å². The lowest BCUT2D eigenvalue weighted by atomic mass is 9.99. The summed E-state index contributed by atoms with van der Waals surface area (Å²) >= 11 is 0. The van der Waals surface area contributed by atoms with Crippen LogP contribution in [0.5, 0.6) is 0 Å². The van der Waals surface area contributed by atoms with E-state index >= 15 is 0 Å². The summed E-state index contributed by atoms with van der Waals surface area (Å²) in [7, 11) is 0. The fourth-order valence-electron chi connectivity index (χ4n) is 1.16. The SMILES string of the molecule is CC(C)C(=O)c1ccc(C(=O)O)cc1F. The molecule has 1 aromatic carbocycles. The topological polar surface area (TPSA) is 54.4 Å². The Balaban J connectivity index is 3.14. The van der Waals surface area contributed by atoms with E-state index in [2.05, 4.69) is 0 Å². The third-order valence-electron chi connectivity index (χ3n) is 2.01. The average molecular weight is 210 g/mol. The van der Waals surface area contributed by atoms with E-state index in [9.17, 15) is 14.0 Å². The van der Waals surface area contributed by atoms with E-state index in [0.717, 1.165) is 6.07 Å². The minimum atomic E-state index is -1.21. The molecule has 0 unspecified atom stereocenters. The highest BCUT2D eigenvalue weighted by atomic mass is 19.1. The maximum absolute atomic E-state index is 13.3. The molecular weight excluding hydrogens is 199 g/mol. The van der Waals surface area contributed by atoms with Gasteiger partial charge in [0.2, 0.25) is 0 Å². The Bertz CT molecular complexity index is 410. The van der Waals surface area contributed by atoms with Crippen LogP contribution in [0, 0.1) is 11.7 Å². The van der Waals surface area contributed by atoms with Crippen molar-refractivity contribution in [3.63, 3.8) is 0 Å². The monoisotopic (exact) mass is 210 g/mol. The molecule has 0 radical (unpaired) electrons. The highest BCUT2D eigenvalue weighted by Gasteiger charge is 2.16. The Morgan fingerprint density at radius 2 is 1.93 bits per heavy atom. The van der Waals surface area contributed by atoms with E-state index in [1.54, 1.807) is 13.8 Å². The van der Waals surface area contributed by atoms with Crippen LogP contribution in [-0.4, -0.2) is 16.9 Å². The van der Waals surface area contributed by atoms with Crippen molar-refractivity contribution in [3.05, 3.63) is 35.1 Å². The van der Waals surface area contributed by atoms with Gasteiger partial charge in [0.05, 0.1) is 11.1 Å². The summed E-state index contributed by atoms with van der Waals surface area (Å²) in [5, 5.41) is 8.60. The summed E-state index contributed by atoms with van der Waals surface area (Å²) < 4.78 is 13.3. The third kappa shape index (κ3) is 2.40. The molecule has 0 aliphatic carbocycles. The number of Topliss-reactive ketones (excluding diaryl/α,β-unsaturated/α-hetero) is 1. The second kappa shape index (κ2) is 4.21. The van der Waals surface area contributed by atoms with Crippen LogP contribution in [0.1, 0.15) is 34.6 Å². The summed E-state index contributed by atoms with van der Waals surface area (Å²) in [6, 6.07) is 3.29. The van der Waals surface area contributed by atoms with Gasteiger partial charge in [-0.3, -0.25) is 4.79 Å². The van der Waals surface area contributed by atoms with E-state index in [1.165, 1.54) is 12.1 Å². The molecule has 0 spiro atoms. The molecule has 0 fully saturated rings. The fourth-order valence-corrected chi connectivity index (χ4v) is 1.16. The maximum atomic E-state index is 13.3. The van der Waals surface area contributed by atoms with Gasteiger partial charge in [0, 0.05) is 5.92 Å². The Morgan fingerprint density at radius 3 is 2.33 bits per heavy atom. The fraction of sp³-hybridized carbons (Fsp3) is 0.273. The Hall–Kier alpha value is -1.71. The quantitative estimate of drug-likeness (QED) is 0.779. The number of benzene rings is 1. The zero-order valence-corrected chi connectivity index (χ0v) is 8.45. The first-order valence-electron chi connectivity index (χ1n) is 4.50. The highest BCUT2D eigenvalue weighted by molar-refractivity contribution is 5.98. The van der Waals surface area contributed by atoms with Crippen LogP contribution < -0.4 is 0 Å². The molecule has 0 heterocycles. The van der Waals surface area contributed by atoms with Crippen molar-refractivity contribution in [3.8, 4) is 0 Å². The molecular formula is C11H11FO3. The number of hydrogen-bond acceptors (Lipinski definition) is 2. The predicted octanol–water partition coefficient (Wildman–Crippen LogP) is 2.36. The van der Waals surface area contributed by atoms with E-state index in [-0.39, 0.29) is 22.8 Å². The number of carboxylic acids is 1. The van der Waals surface area contributed by atoms with Gasteiger partial charge in [0.1, 0.15) is 5.82 Å². The molecule has 80 valence electrons. The normalized spacial score (nSPS) is 10.4. The molecule has 3 nitrogen and oxygen atoms in total. The van der Waals surface area contributed by atoms with Crippen molar-refractivity contribution in [2.24, 2.45) is 5.92 Å². The summed E-state index contributed by atoms with van der Waals surface area (Å²) in [4.78, 5) is 22.0. The number of carbonyl (C=O) groups is 2. The Morgan fingerprint density at radius 1 is 1.33 bits per heavy atom. The molecule has 4 heteroatoms. The van der Waals surface area contributed by atoms with Crippen molar-refractivity contribution in [1.29, 1.82) is 0 Å². The van der Waals surface area contributed by atoms with Crippen LogP contribution in [0.4, 0.5) is 4.39 Å². The lowest BCUT2D eigenvalue weighted by Gasteiger charge is -2.05. The predicted molar refractivity (Wildman–Crippen MR) is 52.5 cm³/mol. The minimum absolute atomic E-state index is 0.0602. The molecule has 0 aliphatic heterocycles. The number of hydrogen-bond donors (Lipinski definition) is 1. The standard InChI is InChI=1S/C11H11FO3/c1-6(2)10(13)8-4-3-7(11(14)15)5-9(8)12/h3-6H,1-2H3,(H,14,15). The van der Waals surface area contributed by atoms with Crippen molar-refractivity contribution in [2.75, 3.05) is 0 Å². The maximum Gasteiger partial charge on any atom is 0.335 e. The minimum Gasteiger partial charge on any atom is -0.478 e. The average Bonchev–Trinajstić information content (AvgIpc) is 2.16. The van der Waals surface area contributed by atoms with Gasteiger partial charge in [-0.15, -0.1) is 0 Å². The number of rotatable bonds is 3. The van der Waals surface area contributed by atoms with Crippen LogP contribution in [0.25, 0.3) is 0 Å². The zero-order valence-electron chi connectivity index (χ0n) is 8.45. The molecule has 1 N–H and O–H groups in total. The summed E-state index contributed by atoms with van der Waals surface area (Å²) in [5.41, 5.74) is -0.220. The lowest BCUT2D eigenvalue weighted by Crippen LogP contribution is -2.10. The summed E-state index contributed by atoms with van der Waals surface area (Å²) in [5.74, 6) is -2.63. The van der Waals surface area contributed by atoms with Gasteiger partial charge in [-0.2, -0.15) is 0 Å². The third-order valence-corrected chi connectivity index (χ3v) is 2.01. The molecule has 1 aromatic rings. The van der Waals surface area contributed by atoms with Crippen molar-refractivity contribution < 1.29 is 19.1 Å².